The number of hydrogen-bond acceptors (Lipinski definition) is 2. The van der Waals surface area contributed by atoms with E-state index in [0.717, 1.165) is 5.75 Å². The van der Waals surface area contributed by atoms with E-state index in [-0.39, 0.29) is 0 Å². The third kappa shape index (κ3) is 8.31. The van der Waals surface area contributed by atoms with Crippen LogP contribution in [0.25, 0.3) is 0 Å². The average molecular weight is 147 g/mol. The second kappa shape index (κ2) is 6.43. The SMILES string of the molecule is CN(C)CCCCCS. The summed E-state index contributed by atoms with van der Waals surface area (Å²) in [6.07, 6.45) is 3.90. The van der Waals surface area contributed by atoms with Crippen molar-refractivity contribution in [3.05, 3.63) is 0 Å². The zero-order valence-corrected chi connectivity index (χ0v) is 7.32. The summed E-state index contributed by atoms with van der Waals surface area (Å²) < 4.78 is 0. The Labute approximate surface area is 63.8 Å². The topological polar surface area (TPSA) is 3.24 Å². The molecule has 0 spiro atoms. The Morgan fingerprint density at radius 2 is 1.78 bits per heavy atom. The molecule has 0 saturated heterocycles. The van der Waals surface area contributed by atoms with Gasteiger partial charge in [0.15, 0.2) is 0 Å². The molecule has 1 nitrogen and oxygen atoms in total. The van der Waals surface area contributed by atoms with Gasteiger partial charge in [0, 0.05) is 0 Å². The molecule has 0 aliphatic heterocycles. The van der Waals surface area contributed by atoms with Crippen molar-refractivity contribution in [1.29, 1.82) is 0 Å². The van der Waals surface area contributed by atoms with Crippen molar-refractivity contribution in [2.45, 2.75) is 19.3 Å². The lowest BCUT2D eigenvalue weighted by atomic mass is 10.2. The molecular formula is C7H17NS. The molecule has 0 N–H and O–H groups in total. The van der Waals surface area contributed by atoms with Crippen molar-refractivity contribution in [1.82, 2.24) is 4.90 Å². The lowest BCUT2D eigenvalue weighted by Gasteiger charge is -2.07. The summed E-state index contributed by atoms with van der Waals surface area (Å²) in [5.41, 5.74) is 0. The first-order valence-corrected chi connectivity index (χ1v) is 4.16. The molecule has 0 saturated carbocycles. The molecule has 0 radical (unpaired) electrons. The maximum atomic E-state index is 4.13. The van der Waals surface area contributed by atoms with Gasteiger partial charge in [-0.15, -0.1) is 0 Å². The first-order valence-electron chi connectivity index (χ1n) is 3.53. The maximum Gasteiger partial charge on any atom is -0.00248 e. The minimum absolute atomic E-state index is 1.04. The fourth-order valence-electron chi connectivity index (χ4n) is 0.717. The van der Waals surface area contributed by atoms with Crippen molar-refractivity contribution in [3.8, 4) is 0 Å². The predicted molar refractivity (Wildman–Crippen MR) is 46.3 cm³/mol. The van der Waals surface area contributed by atoms with Crippen molar-refractivity contribution in [2.24, 2.45) is 0 Å². The van der Waals surface area contributed by atoms with Gasteiger partial charge in [-0.2, -0.15) is 12.6 Å². The van der Waals surface area contributed by atoms with Crippen molar-refractivity contribution < 1.29 is 0 Å². The van der Waals surface area contributed by atoms with Gasteiger partial charge in [0.1, 0.15) is 0 Å². The lowest BCUT2D eigenvalue weighted by molar-refractivity contribution is 0.394. The van der Waals surface area contributed by atoms with E-state index in [1.165, 1.54) is 25.8 Å². The second-order valence-electron chi connectivity index (χ2n) is 2.59. The molecule has 0 bridgehead atoms. The monoisotopic (exact) mass is 147 g/mol. The second-order valence-corrected chi connectivity index (χ2v) is 3.03. The van der Waals surface area contributed by atoms with E-state index in [4.69, 9.17) is 0 Å². The van der Waals surface area contributed by atoms with Crippen LogP contribution in [0.2, 0.25) is 0 Å². The largest absolute Gasteiger partial charge is 0.309 e. The van der Waals surface area contributed by atoms with Crippen LogP contribution >= 0.6 is 12.6 Å². The van der Waals surface area contributed by atoms with E-state index in [1.54, 1.807) is 0 Å². The Morgan fingerprint density at radius 3 is 2.22 bits per heavy atom. The molecule has 0 aliphatic carbocycles. The fraction of sp³-hybridized carbons (Fsp3) is 1.00. The molecule has 0 atom stereocenters. The van der Waals surface area contributed by atoms with Gasteiger partial charge in [-0.25, -0.2) is 0 Å². The van der Waals surface area contributed by atoms with Crippen molar-refractivity contribution in [3.63, 3.8) is 0 Å². The first-order chi connectivity index (χ1) is 4.27. The van der Waals surface area contributed by atoms with Gasteiger partial charge in [-0.05, 0) is 39.2 Å². The zero-order chi connectivity index (χ0) is 7.11. The highest BCUT2D eigenvalue weighted by atomic mass is 32.1. The van der Waals surface area contributed by atoms with E-state index in [2.05, 4.69) is 31.6 Å². The summed E-state index contributed by atoms with van der Waals surface area (Å²) in [5.74, 6) is 1.04. The first kappa shape index (κ1) is 9.31. The Hall–Kier alpha value is 0.310. The van der Waals surface area contributed by atoms with Gasteiger partial charge < -0.3 is 4.90 Å². The Morgan fingerprint density at radius 1 is 1.11 bits per heavy atom. The molecule has 0 amide bonds. The molecular weight excluding hydrogens is 130 g/mol. The molecule has 56 valence electrons. The zero-order valence-electron chi connectivity index (χ0n) is 6.43. The average Bonchev–Trinajstić information content (AvgIpc) is 1.80. The molecule has 0 fully saturated rings. The van der Waals surface area contributed by atoms with Crippen LogP contribution in [0, 0.1) is 0 Å². The standard InChI is InChI=1S/C7H17NS/c1-8(2)6-4-3-5-7-9/h9H,3-7H2,1-2H3. The van der Waals surface area contributed by atoms with Crippen LogP contribution in [0.3, 0.4) is 0 Å². The molecule has 0 aromatic rings. The molecule has 0 aromatic heterocycles. The van der Waals surface area contributed by atoms with E-state index < -0.39 is 0 Å². The Balaban J connectivity index is 2.75. The van der Waals surface area contributed by atoms with Crippen LogP contribution in [-0.2, 0) is 0 Å². The van der Waals surface area contributed by atoms with Crippen LogP contribution < -0.4 is 0 Å². The minimum atomic E-state index is 1.04. The van der Waals surface area contributed by atoms with E-state index >= 15 is 0 Å². The van der Waals surface area contributed by atoms with Gasteiger partial charge in [-0.3, -0.25) is 0 Å². The summed E-state index contributed by atoms with van der Waals surface area (Å²) >= 11 is 4.13. The predicted octanol–water partition coefficient (Wildman–Crippen LogP) is 1.65. The summed E-state index contributed by atoms with van der Waals surface area (Å²) in [7, 11) is 4.22. The lowest BCUT2D eigenvalue weighted by Crippen LogP contribution is -2.12. The van der Waals surface area contributed by atoms with Gasteiger partial charge in [0.25, 0.3) is 0 Å². The molecule has 0 aromatic carbocycles. The summed E-state index contributed by atoms with van der Waals surface area (Å²) in [4.78, 5) is 2.22. The molecule has 0 rings (SSSR count). The van der Waals surface area contributed by atoms with Gasteiger partial charge in [0.05, 0.1) is 0 Å². The van der Waals surface area contributed by atoms with Crippen LogP contribution in [0.15, 0.2) is 0 Å². The van der Waals surface area contributed by atoms with Crippen LogP contribution in [0.4, 0.5) is 0 Å². The molecule has 2 heteroatoms. The highest BCUT2D eigenvalue weighted by molar-refractivity contribution is 7.80. The molecule has 0 aliphatic rings. The van der Waals surface area contributed by atoms with Gasteiger partial charge in [-0.1, -0.05) is 6.42 Å². The van der Waals surface area contributed by atoms with E-state index in [0.29, 0.717) is 0 Å². The van der Waals surface area contributed by atoms with E-state index in [1.807, 2.05) is 0 Å². The molecule has 9 heavy (non-hydrogen) atoms. The number of nitrogens with zero attached hydrogens (tertiary/aromatic N) is 1. The Kier molecular flexibility index (Phi) is 6.65. The van der Waals surface area contributed by atoms with Crippen molar-refractivity contribution in [2.75, 3.05) is 26.4 Å². The quantitative estimate of drug-likeness (QED) is 0.457. The fourth-order valence-corrected chi connectivity index (χ4v) is 0.940. The molecule has 0 unspecified atom stereocenters. The highest BCUT2D eigenvalue weighted by Gasteiger charge is 1.88. The van der Waals surface area contributed by atoms with Crippen LogP contribution in [0.1, 0.15) is 19.3 Å². The maximum absolute atomic E-state index is 4.13. The van der Waals surface area contributed by atoms with Crippen LogP contribution in [-0.4, -0.2) is 31.3 Å². The number of unbranched alkanes of at least 4 members (excludes halogenated alkanes) is 2. The van der Waals surface area contributed by atoms with Gasteiger partial charge >= 0.3 is 0 Å². The van der Waals surface area contributed by atoms with Gasteiger partial charge in [0.2, 0.25) is 0 Å². The summed E-state index contributed by atoms with van der Waals surface area (Å²) in [6.45, 7) is 1.22. The number of rotatable bonds is 5. The third-order valence-electron chi connectivity index (χ3n) is 1.26. The van der Waals surface area contributed by atoms with Crippen LogP contribution in [0.5, 0.6) is 0 Å². The van der Waals surface area contributed by atoms with Crippen molar-refractivity contribution >= 4 is 12.6 Å². The van der Waals surface area contributed by atoms with E-state index in [9.17, 15) is 0 Å². The summed E-state index contributed by atoms with van der Waals surface area (Å²) in [6, 6.07) is 0. The highest BCUT2D eigenvalue weighted by Crippen LogP contribution is 1.96. The minimum Gasteiger partial charge on any atom is -0.309 e. The number of hydrogen-bond donors (Lipinski definition) is 1. The number of thiol groups is 1. The third-order valence-corrected chi connectivity index (χ3v) is 1.58. The normalized spacial score (nSPS) is 10.7. The smallest absolute Gasteiger partial charge is 0.00248 e. The molecule has 0 heterocycles. The Bertz CT molecular complexity index is 54.9. The summed E-state index contributed by atoms with van der Waals surface area (Å²) in [5, 5.41) is 0.